The van der Waals surface area contributed by atoms with E-state index in [0.717, 1.165) is 26.2 Å². The topological polar surface area (TPSA) is 64.6 Å². The van der Waals surface area contributed by atoms with Gasteiger partial charge in [-0.3, -0.25) is 9.69 Å². The summed E-state index contributed by atoms with van der Waals surface area (Å²) in [7, 11) is 0. The molecule has 0 aliphatic carbocycles. The molecule has 1 amide bonds. The smallest absolute Gasteiger partial charge is 0.240 e. The van der Waals surface area contributed by atoms with E-state index in [-0.39, 0.29) is 24.5 Å². The van der Waals surface area contributed by atoms with Crippen LogP contribution in [-0.4, -0.2) is 60.3 Å². The van der Waals surface area contributed by atoms with Crippen LogP contribution in [0, 0.1) is 5.92 Å². The third-order valence-electron chi connectivity index (χ3n) is 3.78. The van der Waals surface area contributed by atoms with Gasteiger partial charge in [0.25, 0.3) is 0 Å². The van der Waals surface area contributed by atoms with Crippen LogP contribution in [0.1, 0.15) is 27.7 Å². The van der Waals surface area contributed by atoms with E-state index < -0.39 is 5.54 Å². The standard InChI is InChI=1S/C13H27N3O2/c1-10(2)11(9-17)15-12(18)13(3,4)16-7-5-14-6-8-16/h10-11,14,17H,5-9H2,1-4H3,(H,15,18)/t11-/m1/s1. The SMILES string of the molecule is CC(C)[C@@H](CO)NC(=O)C(C)(C)N1CCNCC1. The Kier molecular flexibility index (Phi) is 5.56. The zero-order chi connectivity index (χ0) is 13.8. The van der Waals surface area contributed by atoms with Crippen molar-refractivity contribution < 1.29 is 9.90 Å². The Morgan fingerprint density at radius 3 is 2.39 bits per heavy atom. The van der Waals surface area contributed by atoms with E-state index in [1.165, 1.54) is 0 Å². The molecule has 1 atom stereocenters. The molecule has 1 saturated heterocycles. The van der Waals surface area contributed by atoms with Crippen molar-refractivity contribution in [2.45, 2.75) is 39.3 Å². The fourth-order valence-corrected chi connectivity index (χ4v) is 2.14. The van der Waals surface area contributed by atoms with Gasteiger partial charge in [0.15, 0.2) is 0 Å². The summed E-state index contributed by atoms with van der Waals surface area (Å²) in [5.41, 5.74) is -0.523. The molecule has 1 fully saturated rings. The summed E-state index contributed by atoms with van der Waals surface area (Å²) < 4.78 is 0. The van der Waals surface area contributed by atoms with Crippen LogP contribution >= 0.6 is 0 Å². The van der Waals surface area contributed by atoms with E-state index >= 15 is 0 Å². The average Bonchev–Trinajstić information content (AvgIpc) is 2.36. The van der Waals surface area contributed by atoms with Gasteiger partial charge in [0, 0.05) is 26.2 Å². The Morgan fingerprint density at radius 2 is 1.94 bits per heavy atom. The third-order valence-corrected chi connectivity index (χ3v) is 3.78. The van der Waals surface area contributed by atoms with Crippen molar-refractivity contribution in [1.29, 1.82) is 0 Å². The number of hydrogen-bond donors (Lipinski definition) is 3. The fraction of sp³-hybridized carbons (Fsp3) is 0.923. The van der Waals surface area contributed by atoms with E-state index in [0.29, 0.717) is 0 Å². The summed E-state index contributed by atoms with van der Waals surface area (Å²) in [5.74, 6) is 0.231. The molecule has 0 saturated carbocycles. The van der Waals surface area contributed by atoms with E-state index in [2.05, 4.69) is 15.5 Å². The minimum Gasteiger partial charge on any atom is -0.394 e. The van der Waals surface area contributed by atoms with Crippen LogP contribution in [0.5, 0.6) is 0 Å². The summed E-state index contributed by atoms with van der Waals surface area (Å²) >= 11 is 0. The normalized spacial score (nSPS) is 19.9. The van der Waals surface area contributed by atoms with Crippen LogP contribution in [0.25, 0.3) is 0 Å². The molecular weight excluding hydrogens is 230 g/mol. The maximum Gasteiger partial charge on any atom is 0.240 e. The Bertz CT molecular complexity index is 273. The minimum absolute atomic E-state index is 0.00264. The molecule has 1 heterocycles. The maximum atomic E-state index is 12.4. The van der Waals surface area contributed by atoms with Crippen molar-refractivity contribution in [3.8, 4) is 0 Å². The largest absolute Gasteiger partial charge is 0.394 e. The Morgan fingerprint density at radius 1 is 1.39 bits per heavy atom. The highest BCUT2D eigenvalue weighted by atomic mass is 16.3. The molecule has 0 spiro atoms. The maximum absolute atomic E-state index is 12.4. The first-order valence-electron chi connectivity index (χ1n) is 6.77. The second-order valence-corrected chi connectivity index (χ2v) is 5.80. The molecule has 1 aliphatic heterocycles. The van der Waals surface area contributed by atoms with Gasteiger partial charge >= 0.3 is 0 Å². The number of rotatable bonds is 5. The molecule has 0 unspecified atom stereocenters. The van der Waals surface area contributed by atoms with Gasteiger partial charge in [-0.25, -0.2) is 0 Å². The van der Waals surface area contributed by atoms with Crippen molar-refractivity contribution in [2.24, 2.45) is 5.92 Å². The molecule has 106 valence electrons. The molecule has 5 heteroatoms. The highest BCUT2D eigenvalue weighted by molar-refractivity contribution is 5.85. The lowest BCUT2D eigenvalue weighted by molar-refractivity contribution is -0.133. The molecular formula is C13H27N3O2. The van der Waals surface area contributed by atoms with Gasteiger partial charge in [0.2, 0.25) is 5.91 Å². The van der Waals surface area contributed by atoms with Gasteiger partial charge in [-0.05, 0) is 19.8 Å². The van der Waals surface area contributed by atoms with E-state index in [1.54, 1.807) is 0 Å². The lowest BCUT2D eigenvalue weighted by atomic mass is 9.98. The summed E-state index contributed by atoms with van der Waals surface area (Å²) in [6.07, 6.45) is 0. The number of aliphatic hydroxyl groups is 1. The summed E-state index contributed by atoms with van der Waals surface area (Å²) in [4.78, 5) is 14.5. The van der Waals surface area contributed by atoms with Crippen molar-refractivity contribution in [2.75, 3.05) is 32.8 Å². The third kappa shape index (κ3) is 3.67. The van der Waals surface area contributed by atoms with Crippen LogP contribution < -0.4 is 10.6 Å². The Balaban J connectivity index is 2.62. The zero-order valence-corrected chi connectivity index (χ0v) is 12.0. The van der Waals surface area contributed by atoms with E-state index in [4.69, 9.17) is 0 Å². The average molecular weight is 257 g/mol. The number of nitrogens with one attached hydrogen (secondary N) is 2. The summed E-state index contributed by atoms with van der Waals surface area (Å²) in [6, 6.07) is -0.167. The second kappa shape index (κ2) is 6.50. The first-order valence-corrected chi connectivity index (χ1v) is 6.77. The number of nitrogens with zero attached hydrogens (tertiary/aromatic N) is 1. The summed E-state index contributed by atoms with van der Waals surface area (Å²) in [6.45, 7) is 11.5. The molecule has 0 aromatic heterocycles. The van der Waals surface area contributed by atoms with Crippen molar-refractivity contribution >= 4 is 5.91 Å². The quantitative estimate of drug-likeness (QED) is 0.638. The number of carbonyl (C=O) groups excluding carboxylic acids is 1. The first-order chi connectivity index (χ1) is 8.39. The van der Waals surface area contributed by atoms with Crippen molar-refractivity contribution in [3.63, 3.8) is 0 Å². The van der Waals surface area contributed by atoms with Crippen molar-refractivity contribution in [3.05, 3.63) is 0 Å². The number of piperazine rings is 1. The highest BCUT2D eigenvalue weighted by Gasteiger charge is 2.36. The van der Waals surface area contributed by atoms with Crippen LogP contribution in [0.4, 0.5) is 0 Å². The Hall–Kier alpha value is -0.650. The fourth-order valence-electron chi connectivity index (χ4n) is 2.14. The summed E-state index contributed by atoms with van der Waals surface area (Å²) in [5, 5.41) is 15.5. The van der Waals surface area contributed by atoms with Crippen LogP contribution in [0.15, 0.2) is 0 Å². The number of aliphatic hydroxyl groups excluding tert-OH is 1. The van der Waals surface area contributed by atoms with Crippen molar-refractivity contribution in [1.82, 2.24) is 15.5 Å². The number of hydrogen-bond acceptors (Lipinski definition) is 4. The van der Waals surface area contributed by atoms with Gasteiger partial charge in [-0.15, -0.1) is 0 Å². The van der Waals surface area contributed by atoms with E-state index in [1.807, 2.05) is 27.7 Å². The van der Waals surface area contributed by atoms with Gasteiger partial charge in [0.1, 0.15) is 0 Å². The second-order valence-electron chi connectivity index (χ2n) is 5.80. The molecule has 0 radical (unpaired) electrons. The van der Waals surface area contributed by atoms with Crippen LogP contribution in [-0.2, 0) is 4.79 Å². The van der Waals surface area contributed by atoms with Gasteiger partial charge in [0.05, 0.1) is 18.2 Å². The zero-order valence-electron chi connectivity index (χ0n) is 12.0. The number of amides is 1. The first kappa shape index (κ1) is 15.4. The Labute approximate surface area is 110 Å². The van der Waals surface area contributed by atoms with Crippen LogP contribution in [0.3, 0.4) is 0 Å². The molecule has 1 aliphatic rings. The predicted molar refractivity (Wildman–Crippen MR) is 72.4 cm³/mol. The van der Waals surface area contributed by atoms with Gasteiger partial charge in [-0.1, -0.05) is 13.8 Å². The lowest BCUT2D eigenvalue weighted by Crippen LogP contribution is -2.61. The molecule has 5 nitrogen and oxygen atoms in total. The number of carbonyl (C=O) groups is 1. The monoisotopic (exact) mass is 257 g/mol. The van der Waals surface area contributed by atoms with Gasteiger partial charge < -0.3 is 15.7 Å². The molecule has 0 aromatic carbocycles. The van der Waals surface area contributed by atoms with Gasteiger partial charge in [-0.2, -0.15) is 0 Å². The lowest BCUT2D eigenvalue weighted by Gasteiger charge is -2.40. The van der Waals surface area contributed by atoms with E-state index in [9.17, 15) is 9.90 Å². The molecule has 1 rings (SSSR count). The highest BCUT2D eigenvalue weighted by Crippen LogP contribution is 2.16. The molecule has 3 N–H and O–H groups in total. The molecule has 0 aromatic rings. The predicted octanol–water partition coefficient (Wildman–Crippen LogP) is -0.197. The molecule has 18 heavy (non-hydrogen) atoms. The van der Waals surface area contributed by atoms with Crippen LogP contribution in [0.2, 0.25) is 0 Å². The minimum atomic E-state index is -0.523. The molecule has 0 bridgehead atoms.